The first kappa shape index (κ1) is 14.2. The number of rotatable bonds is 3. The number of amides is 2. The van der Waals surface area contributed by atoms with Crippen LogP contribution in [0, 0.1) is 18.7 Å². The molecule has 2 amide bonds. The lowest BCUT2D eigenvalue weighted by Gasteiger charge is -2.21. The molecule has 0 bridgehead atoms. The third-order valence-electron chi connectivity index (χ3n) is 3.32. The van der Waals surface area contributed by atoms with E-state index in [9.17, 15) is 14.0 Å². The van der Waals surface area contributed by atoms with Gasteiger partial charge in [0.15, 0.2) is 0 Å². The van der Waals surface area contributed by atoms with E-state index in [1.54, 1.807) is 17.7 Å². The second-order valence-electron chi connectivity index (χ2n) is 5.11. The molecule has 1 aromatic heterocycles. The Labute approximate surface area is 125 Å². The molecule has 3 rings (SSSR count). The summed E-state index contributed by atoms with van der Waals surface area (Å²) in [6.45, 7) is 2.02. The minimum atomic E-state index is -0.540. The van der Waals surface area contributed by atoms with Crippen molar-refractivity contribution in [3.8, 4) is 0 Å². The first-order chi connectivity index (χ1) is 10.5. The molecule has 0 aliphatic carbocycles. The van der Waals surface area contributed by atoms with E-state index in [2.05, 4.69) is 20.7 Å². The van der Waals surface area contributed by atoms with E-state index >= 15 is 0 Å². The van der Waals surface area contributed by atoms with Gasteiger partial charge in [-0.15, -0.1) is 0 Å². The zero-order chi connectivity index (χ0) is 15.7. The number of carbonyl (C=O) groups is 2. The fourth-order valence-electron chi connectivity index (χ4n) is 2.34. The van der Waals surface area contributed by atoms with Crippen LogP contribution in [0.15, 0.2) is 24.3 Å². The van der Waals surface area contributed by atoms with E-state index in [1.165, 1.54) is 18.2 Å². The van der Waals surface area contributed by atoms with Crippen molar-refractivity contribution in [3.63, 3.8) is 0 Å². The summed E-state index contributed by atoms with van der Waals surface area (Å²) in [5, 5.41) is 9.34. The Morgan fingerprint density at radius 1 is 1.55 bits per heavy atom. The number of nitrogens with zero attached hydrogens (tertiary/aromatic N) is 3. The maximum atomic E-state index is 13.1. The second-order valence-corrected chi connectivity index (χ2v) is 5.11. The highest BCUT2D eigenvalue weighted by Gasteiger charge is 2.29. The molecule has 1 aliphatic rings. The van der Waals surface area contributed by atoms with Crippen LogP contribution in [0.5, 0.6) is 0 Å². The maximum Gasteiger partial charge on any atom is 0.232 e. The third kappa shape index (κ3) is 2.95. The van der Waals surface area contributed by atoms with Gasteiger partial charge in [-0.25, -0.2) is 9.07 Å². The van der Waals surface area contributed by atoms with Gasteiger partial charge < -0.3 is 5.32 Å². The van der Waals surface area contributed by atoms with Gasteiger partial charge >= 0.3 is 0 Å². The summed E-state index contributed by atoms with van der Waals surface area (Å²) in [5.74, 6) is -0.650. The molecule has 1 atom stereocenters. The molecule has 0 saturated carbocycles. The Morgan fingerprint density at radius 3 is 3.14 bits per heavy atom. The van der Waals surface area contributed by atoms with E-state index in [1.807, 2.05) is 0 Å². The largest absolute Gasteiger partial charge is 0.326 e. The molecular formula is C14H14FN5O2. The first-order valence-electron chi connectivity index (χ1n) is 6.79. The zero-order valence-electron chi connectivity index (χ0n) is 11.8. The molecule has 2 aromatic rings. The van der Waals surface area contributed by atoms with Crippen molar-refractivity contribution in [2.75, 3.05) is 10.6 Å². The van der Waals surface area contributed by atoms with Crippen LogP contribution in [0.25, 0.3) is 0 Å². The molecule has 1 aliphatic heterocycles. The predicted octanol–water partition coefficient (Wildman–Crippen LogP) is 1.32. The average molecular weight is 303 g/mol. The van der Waals surface area contributed by atoms with Crippen LogP contribution < -0.4 is 10.6 Å². The molecule has 2 N–H and O–H groups in total. The Morgan fingerprint density at radius 2 is 2.36 bits per heavy atom. The van der Waals surface area contributed by atoms with Gasteiger partial charge in [0.1, 0.15) is 11.6 Å². The van der Waals surface area contributed by atoms with Crippen LogP contribution in [-0.2, 0) is 16.1 Å². The highest BCUT2D eigenvalue weighted by molar-refractivity contribution is 5.98. The molecule has 22 heavy (non-hydrogen) atoms. The maximum absolute atomic E-state index is 13.1. The van der Waals surface area contributed by atoms with Crippen LogP contribution >= 0.6 is 0 Å². The highest BCUT2D eigenvalue weighted by Crippen LogP contribution is 2.20. The van der Waals surface area contributed by atoms with Crippen molar-refractivity contribution < 1.29 is 14.0 Å². The van der Waals surface area contributed by atoms with Crippen LogP contribution in [0.4, 0.5) is 16.0 Å². The quantitative estimate of drug-likeness (QED) is 0.895. The number of aryl methyl sites for hydroxylation is 1. The van der Waals surface area contributed by atoms with Crippen molar-refractivity contribution in [2.24, 2.45) is 5.92 Å². The van der Waals surface area contributed by atoms with Gasteiger partial charge in [-0.3, -0.25) is 14.9 Å². The number of halogens is 1. The lowest BCUT2D eigenvalue weighted by molar-refractivity contribution is -0.125. The summed E-state index contributed by atoms with van der Waals surface area (Å²) in [5.41, 5.74) is 0.360. The normalized spacial score (nSPS) is 16.8. The fourth-order valence-corrected chi connectivity index (χ4v) is 2.34. The van der Waals surface area contributed by atoms with Crippen molar-refractivity contribution in [1.82, 2.24) is 14.8 Å². The molecule has 114 valence electrons. The van der Waals surface area contributed by atoms with Crippen LogP contribution in [-0.4, -0.2) is 26.6 Å². The Hall–Kier alpha value is -2.77. The number of fused-ring (bicyclic) bond motifs is 1. The number of anilines is 2. The first-order valence-corrected chi connectivity index (χ1v) is 6.79. The molecule has 1 aromatic carbocycles. The standard InChI is InChI=1S/C14H14FN5O2/c1-8-16-14-18-13(22)9(7-20(14)19-8)5-12(21)17-11-4-2-3-10(15)6-11/h2-4,6,9H,5,7H2,1H3,(H,17,21)(H,16,18,19,22). The van der Waals surface area contributed by atoms with E-state index in [0.717, 1.165) is 0 Å². The summed E-state index contributed by atoms with van der Waals surface area (Å²) >= 11 is 0. The van der Waals surface area contributed by atoms with Crippen LogP contribution in [0.2, 0.25) is 0 Å². The number of aromatic nitrogens is 3. The number of hydrogen-bond donors (Lipinski definition) is 2. The molecular weight excluding hydrogens is 289 g/mol. The van der Waals surface area contributed by atoms with Gasteiger partial charge in [0, 0.05) is 12.1 Å². The molecule has 0 saturated heterocycles. The minimum absolute atomic E-state index is 0.0132. The summed E-state index contributed by atoms with van der Waals surface area (Å²) in [7, 11) is 0. The van der Waals surface area contributed by atoms with Crippen molar-refractivity contribution in [3.05, 3.63) is 35.9 Å². The molecule has 8 heteroatoms. The van der Waals surface area contributed by atoms with Crippen molar-refractivity contribution >= 4 is 23.5 Å². The van der Waals surface area contributed by atoms with E-state index < -0.39 is 11.7 Å². The summed E-state index contributed by atoms with van der Waals surface area (Å²) in [4.78, 5) is 28.0. The van der Waals surface area contributed by atoms with Gasteiger partial charge in [-0.2, -0.15) is 10.1 Å². The Bertz CT molecular complexity index is 743. The predicted molar refractivity (Wildman–Crippen MR) is 76.5 cm³/mol. The minimum Gasteiger partial charge on any atom is -0.326 e. The van der Waals surface area contributed by atoms with Crippen LogP contribution in [0.3, 0.4) is 0 Å². The fraction of sp³-hybridized carbons (Fsp3) is 0.286. The topological polar surface area (TPSA) is 88.9 Å². The van der Waals surface area contributed by atoms with Gasteiger partial charge in [0.25, 0.3) is 0 Å². The van der Waals surface area contributed by atoms with Gasteiger partial charge in [0.2, 0.25) is 17.8 Å². The third-order valence-corrected chi connectivity index (χ3v) is 3.32. The molecule has 7 nitrogen and oxygen atoms in total. The monoisotopic (exact) mass is 303 g/mol. The number of carbonyl (C=O) groups excluding carboxylic acids is 2. The smallest absolute Gasteiger partial charge is 0.232 e. The van der Waals surface area contributed by atoms with E-state index in [4.69, 9.17) is 0 Å². The molecule has 0 fully saturated rings. The lowest BCUT2D eigenvalue weighted by Crippen LogP contribution is -2.36. The summed E-state index contributed by atoms with van der Waals surface area (Å²) in [6.07, 6.45) is -0.0132. The molecule has 0 spiro atoms. The van der Waals surface area contributed by atoms with Gasteiger partial charge in [-0.1, -0.05) is 6.07 Å². The summed E-state index contributed by atoms with van der Waals surface area (Å²) in [6, 6.07) is 5.60. The number of benzene rings is 1. The SMILES string of the molecule is Cc1nc2n(n1)CC(CC(=O)Nc1cccc(F)c1)C(=O)N2. The number of nitrogens with one attached hydrogen (secondary N) is 2. The van der Waals surface area contributed by atoms with Gasteiger partial charge in [-0.05, 0) is 25.1 Å². The van der Waals surface area contributed by atoms with Gasteiger partial charge in [0.05, 0.1) is 12.5 Å². The highest BCUT2D eigenvalue weighted by atomic mass is 19.1. The average Bonchev–Trinajstić information content (AvgIpc) is 2.78. The van der Waals surface area contributed by atoms with Crippen molar-refractivity contribution in [2.45, 2.75) is 19.9 Å². The van der Waals surface area contributed by atoms with E-state index in [0.29, 0.717) is 24.0 Å². The second kappa shape index (κ2) is 5.55. The Kier molecular flexibility index (Phi) is 3.58. The van der Waals surface area contributed by atoms with Crippen molar-refractivity contribution in [1.29, 1.82) is 0 Å². The van der Waals surface area contributed by atoms with E-state index in [-0.39, 0.29) is 18.2 Å². The summed E-state index contributed by atoms with van der Waals surface area (Å²) < 4.78 is 14.6. The molecule has 1 unspecified atom stereocenters. The lowest BCUT2D eigenvalue weighted by atomic mass is 10.0. The molecule has 2 heterocycles. The number of hydrogen-bond acceptors (Lipinski definition) is 4. The van der Waals surface area contributed by atoms with Crippen LogP contribution in [0.1, 0.15) is 12.2 Å². The molecule has 0 radical (unpaired) electrons. The zero-order valence-corrected chi connectivity index (χ0v) is 11.8. The Balaban J connectivity index is 1.65.